The number of ether oxygens (including phenoxy) is 1. The second kappa shape index (κ2) is 8.37. The molecule has 0 saturated carbocycles. The fourth-order valence-electron chi connectivity index (χ4n) is 2.67. The van der Waals surface area contributed by atoms with Gasteiger partial charge in [0.25, 0.3) is 0 Å². The summed E-state index contributed by atoms with van der Waals surface area (Å²) in [5, 5.41) is 3.43. The summed E-state index contributed by atoms with van der Waals surface area (Å²) in [7, 11) is 1.76. The van der Waals surface area contributed by atoms with E-state index in [-0.39, 0.29) is 0 Å². The lowest BCUT2D eigenvalue weighted by Gasteiger charge is -2.25. The van der Waals surface area contributed by atoms with Crippen LogP contribution in [0, 0.1) is 6.92 Å². The van der Waals surface area contributed by atoms with Crippen LogP contribution in [0.5, 0.6) is 0 Å². The van der Waals surface area contributed by atoms with Gasteiger partial charge in [-0.2, -0.15) is 0 Å². The molecular weight excluding hydrogens is 264 g/mol. The lowest BCUT2D eigenvalue weighted by Crippen LogP contribution is -2.28. The largest absolute Gasteiger partial charge is 0.465 e. The topological polar surface area (TPSA) is 37.6 Å². The number of methoxy groups -OCH3 is 1. The molecule has 0 bridgehead atoms. The summed E-state index contributed by atoms with van der Waals surface area (Å²) in [6, 6.07) is 2.20. The third kappa shape index (κ3) is 4.99. The Morgan fingerprint density at radius 3 is 2.95 bits per heavy atom. The molecule has 4 heteroatoms. The number of hydrogen-bond donors (Lipinski definition) is 1. The maximum atomic E-state index is 5.90. The Labute approximate surface area is 128 Å². The Balaban J connectivity index is 1.85. The van der Waals surface area contributed by atoms with Crippen molar-refractivity contribution in [1.29, 1.82) is 0 Å². The van der Waals surface area contributed by atoms with Gasteiger partial charge < -0.3 is 14.5 Å². The molecule has 1 aliphatic rings. The summed E-state index contributed by atoms with van der Waals surface area (Å²) >= 11 is 0. The summed E-state index contributed by atoms with van der Waals surface area (Å²) in [6.45, 7) is 9.92. The van der Waals surface area contributed by atoms with Crippen LogP contribution in [0.1, 0.15) is 36.8 Å². The number of aryl methyl sites for hydroxylation is 1. The molecule has 0 amide bonds. The van der Waals surface area contributed by atoms with Gasteiger partial charge >= 0.3 is 0 Å². The highest BCUT2D eigenvalue weighted by molar-refractivity contribution is 5.21. The Bertz CT molecular complexity index is 465. The molecule has 0 atom stereocenters. The molecule has 1 N–H and O–H groups in total. The molecule has 0 spiro atoms. The van der Waals surface area contributed by atoms with Crippen molar-refractivity contribution < 1.29 is 9.15 Å². The van der Waals surface area contributed by atoms with Gasteiger partial charge in [0.15, 0.2) is 0 Å². The number of hydrogen-bond acceptors (Lipinski definition) is 4. The van der Waals surface area contributed by atoms with Crippen LogP contribution in [-0.2, 0) is 17.8 Å². The Morgan fingerprint density at radius 1 is 1.43 bits per heavy atom. The van der Waals surface area contributed by atoms with Crippen LogP contribution in [0.4, 0.5) is 0 Å². The van der Waals surface area contributed by atoms with Crippen LogP contribution in [0.25, 0.3) is 0 Å². The van der Waals surface area contributed by atoms with E-state index in [0.717, 1.165) is 63.7 Å². The second-order valence-electron chi connectivity index (χ2n) is 5.75. The smallest absolute Gasteiger partial charge is 0.118 e. The van der Waals surface area contributed by atoms with Gasteiger partial charge in [-0.1, -0.05) is 13.0 Å². The molecule has 0 aliphatic carbocycles. The molecular formula is C17H28N2O2. The predicted octanol–water partition coefficient (Wildman–Crippen LogP) is 2.87. The van der Waals surface area contributed by atoms with Crippen LogP contribution < -0.4 is 5.32 Å². The molecule has 0 fully saturated rings. The molecule has 2 heterocycles. The van der Waals surface area contributed by atoms with Crippen molar-refractivity contribution in [2.75, 3.05) is 33.4 Å². The van der Waals surface area contributed by atoms with E-state index in [0.29, 0.717) is 0 Å². The van der Waals surface area contributed by atoms with E-state index in [9.17, 15) is 0 Å². The van der Waals surface area contributed by atoms with E-state index in [2.05, 4.69) is 36.2 Å². The first kappa shape index (κ1) is 16.3. The molecule has 1 aromatic rings. The molecule has 2 rings (SSSR count). The summed E-state index contributed by atoms with van der Waals surface area (Å²) in [6.07, 6.45) is 4.54. The van der Waals surface area contributed by atoms with Crippen molar-refractivity contribution in [1.82, 2.24) is 10.2 Å². The van der Waals surface area contributed by atoms with E-state index >= 15 is 0 Å². The third-order valence-corrected chi connectivity index (χ3v) is 3.91. The molecule has 1 aliphatic heterocycles. The lowest BCUT2D eigenvalue weighted by molar-refractivity contribution is 0.206. The normalized spacial score (nSPS) is 16.2. The molecule has 0 saturated heterocycles. The van der Waals surface area contributed by atoms with Crippen molar-refractivity contribution in [3.8, 4) is 0 Å². The van der Waals surface area contributed by atoms with Crippen molar-refractivity contribution in [2.24, 2.45) is 0 Å². The van der Waals surface area contributed by atoms with Crippen molar-refractivity contribution in [3.63, 3.8) is 0 Å². The lowest BCUT2D eigenvalue weighted by atomic mass is 10.1. The van der Waals surface area contributed by atoms with Crippen molar-refractivity contribution in [3.05, 3.63) is 34.8 Å². The second-order valence-corrected chi connectivity index (χ2v) is 5.75. The van der Waals surface area contributed by atoms with Crippen LogP contribution in [0.2, 0.25) is 0 Å². The van der Waals surface area contributed by atoms with E-state index in [1.54, 1.807) is 7.11 Å². The molecule has 1 aromatic heterocycles. The van der Waals surface area contributed by atoms with Gasteiger partial charge in [-0.25, -0.2) is 0 Å². The first-order valence-corrected chi connectivity index (χ1v) is 7.91. The minimum absolute atomic E-state index is 0.765. The molecule has 0 aromatic carbocycles. The molecule has 118 valence electrons. The molecule has 0 radical (unpaired) electrons. The number of furan rings is 1. The highest BCUT2D eigenvalue weighted by Crippen LogP contribution is 2.19. The Hall–Kier alpha value is -1.10. The van der Waals surface area contributed by atoms with Gasteiger partial charge in [0.2, 0.25) is 0 Å². The number of rotatable bonds is 8. The molecule has 21 heavy (non-hydrogen) atoms. The highest BCUT2D eigenvalue weighted by Gasteiger charge is 2.15. The minimum Gasteiger partial charge on any atom is -0.465 e. The van der Waals surface area contributed by atoms with Crippen LogP contribution in [-0.4, -0.2) is 38.3 Å². The maximum Gasteiger partial charge on any atom is 0.118 e. The third-order valence-electron chi connectivity index (χ3n) is 3.91. The van der Waals surface area contributed by atoms with Crippen LogP contribution in [0.15, 0.2) is 22.1 Å². The van der Waals surface area contributed by atoms with Gasteiger partial charge in [-0.05, 0) is 37.9 Å². The van der Waals surface area contributed by atoms with Gasteiger partial charge in [-0.15, -0.1) is 0 Å². The number of nitrogens with one attached hydrogen (secondary N) is 1. The SMILES string of the molecule is CCCNCc1cc(CN2CC=C(COC)CC2)oc1C. The quantitative estimate of drug-likeness (QED) is 0.590. The minimum atomic E-state index is 0.765. The summed E-state index contributed by atoms with van der Waals surface area (Å²) in [5.41, 5.74) is 2.69. The summed E-state index contributed by atoms with van der Waals surface area (Å²) in [5.74, 6) is 2.12. The predicted molar refractivity (Wildman–Crippen MR) is 85.3 cm³/mol. The average Bonchev–Trinajstić information content (AvgIpc) is 2.82. The zero-order valence-electron chi connectivity index (χ0n) is 13.6. The monoisotopic (exact) mass is 292 g/mol. The zero-order chi connectivity index (χ0) is 15.1. The fourth-order valence-corrected chi connectivity index (χ4v) is 2.67. The summed E-state index contributed by atoms with van der Waals surface area (Å²) < 4.78 is 11.1. The van der Waals surface area contributed by atoms with E-state index in [4.69, 9.17) is 9.15 Å². The first-order valence-electron chi connectivity index (χ1n) is 7.91. The van der Waals surface area contributed by atoms with Crippen LogP contribution >= 0.6 is 0 Å². The summed E-state index contributed by atoms with van der Waals surface area (Å²) in [4.78, 5) is 2.42. The standard InChI is InChI=1S/C17H28N2O2/c1-4-7-18-11-16-10-17(21-14(16)2)12-19-8-5-15(6-9-19)13-20-3/h5,10,18H,4,6-9,11-13H2,1-3H3. The van der Waals surface area contributed by atoms with Gasteiger partial charge in [0.05, 0.1) is 13.2 Å². The first-order chi connectivity index (χ1) is 10.2. The van der Waals surface area contributed by atoms with Gasteiger partial charge in [-0.3, -0.25) is 4.90 Å². The van der Waals surface area contributed by atoms with E-state index < -0.39 is 0 Å². The number of nitrogens with zero attached hydrogens (tertiary/aromatic N) is 1. The van der Waals surface area contributed by atoms with E-state index in [1.165, 1.54) is 11.1 Å². The molecule has 4 nitrogen and oxygen atoms in total. The van der Waals surface area contributed by atoms with Crippen molar-refractivity contribution >= 4 is 0 Å². The Morgan fingerprint density at radius 2 is 2.29 bits per heavy atom. The zero-order valence-corrected chi connectivity index (χ0v) is 13.6. The van der Waals surface area contributed by atoms with Crippen LogP contribution in [0.3, 0.4) is 0 Å². The highest BCUT2D eigenvalue weighted by atomic mass is 16.5. The van der Waals surface area contributed by atoms with E-state index in [1.807, 2.05) is 0 Å². The fraction of sp³-hybridized carbons (Fsp3) is 0.647. The van der Waals surface area contributed by atoms with Crippen molar-refractivity contribution in [2.45, 2.75) is 39.8 Å². The maximum absolute atomic E-state index is 5.90. The Kier molecular flexibility index (Phi) is 6.49. The average molecular weight is 292 g/mol. The molecule has 0 unspecified atom stereocenters. The van der Waals surface area contributed by atoms with Gasteiger partial charge in [0.1, 0.15) is 11.5 Å². The van der Waals surface area contributed by atoms with Gasteiger partial charge in [0, 0.05) is 32.3 Å².